The van der Waals surface area contributed by atoms with Gasteiger partial charge >= 0.3 is 0 Å². The Morgan fingerprint density at radius 2 is 2.12 bits per heavy atom. The number of carbonyl (C=O) groups is 1. The zero-order chi connectivity index (χ0) is 11.7. The molecule has 1 aromatic carbocycles. The molecule has 86 valence electrons. The second kappa shape index (κ2) is 4.20. The zero-order valence-electron chi connectivity index (χ0n) is 9.02. The first-order valence-electron chi connectivity index (χ1n) is 5.43. The number of halogens is 2. The van der Waals surface area contributed by atoms with Crippen LogP contribution < -0.4 is 5.32 Å². The molecule has 1 amide bonds. The first kappa shape index (κ1) is 11.0. The fourth-order valence-electron chi connectivity index (χ4n) is 2.05. The molecule has 16 heavy (non-hydrogen) atoms. The van der Waals surface area contributed by atoms with Crippen molar-refractivity contribution < 1.29 is 13.6 Å². The fraction of sp³-hybridized carbons (Fsp3) is 0.417. The number of hydrogen-bond acceptors (Lipinski definition) is 1. The van der Waals surface area contributed by atoms with Crippen molar-refractivity contribution in [2.45, 2.75) is 32.1 Å². The maximum absolute atomic E-state index is 13.4. The molecule has 0 spiro atoms. The highest BCUT2D eigenvalue weighted by molar-refractivity contribution is 6.02. The molecule has 0 fully saturated rings. The quantitative estimate of drug-likeness (QED) is 0.840. The van der Waals surface area contributed by atoms with Crippen molar-refractivity contribution in [1.82, 2.24) is 0 Å². The van der Waals surface area contributed by atoms with E-state index in [1.807, 2.05) is 6.92 Å². The van der Waals surface area contributed by atoms with Gasteiger partial charge in [0.15, 0.2) is 0 Å². The minimum absolute atomic E-state index is 0.146. The summed E-state index contributed by atoms with van der Waals surface area (Å²) in [5.41, 5.74) is 0.600. The molecule has 0 aromatic heterocycles. The van der Waals surface area contributed by atoms with E-state index in [-0.39, 0.29) is 11.6 Å². The highest BCUT2D eigenvalue weighted by atomic mass is 19.1. The van der Waals surface area contributed by atoms with Crippen LogP contribution in [0, 0.1) is 11.6 Å². The van der Waals surface area contributed by atoms with Crippen LogP contribution in [0.3, 0.4) is 0 Å². The number of nitrogens with one attached hydrogen (secondary N) is 1. The highest BCUT2D eigenvalue weighted by Crippen LogP contribution is 2.37. The van der Waals surface area contributed by atoms with Crippen LogP contribution in [0.25, 0.3) is 0 Å². The first-order valence-corrected chi connectivity index (χ1v) is 5.43. The van der Waals surface area contributed by atoms with Gasteiger partial charge < -0.3 is 5.32 Å². The van der Waals surface area contributed by atoms with Gasteiger partial charge in [0.2, 0.25) is 5.91 Å². The summed E-state index contributed by atoms with van der Waals surface area (Å²) in [6, 6.07) is 2.04. The number of amides is 1. The molecular formula is C12H13F2NO. The third-order valence-electron chi connectivity index (χ3n) is 2.87. The van der Waals surface area contributed by atoms with Gasteiger partial charge in [-0.1, -0.05) is 19.8 Å². The summed E-state index contributed by atoms with van der Waals surface area (Å²) in [6.07, 6.45) is 2.46. The molecular weight excluding hydrogens is 212 g/mol. The van der Waals surface area contributed by atoms with Crippen molar-refractivity contribution in [3.63, 3.8) is 0 Å². The van der Waals surface area contributed by atoms with Gasteiger partial charge in [0, 0.05) is 6.07 Å². The van der Waals surface area contributed by atoms with Gasteiger partial charge in [-0.15, -0.1) is 0 Å². The lowest BCUT2D eigenvalue weighted by Gasteiger charge is -2.07. The van der Waals surface area contributed by atoms with E-state index < -0.39 is 17.6 Å². The Morgan fingerprint density at radius 3 is 2.81 bits per heavy atom. The van der Waals surface area contributed by atoms with Gasteiger partial charge in [-0.25, -0.2) is 8.78 Å². The van der Waals surface area contributed by atoms with Crippen molar-refractivity contribution in [1.29, 1.82) is 0 Å². The van der Waals surface area contributed by atoms with E-state index in [2.05, 4.69) is 5.32 Å². The molecule has 0 saturated heterocycles. The van der Waals surface area contributed by atoms with Crippen LogP contribution in [-0.4, -0.2) is 5.91 Å². The van der Waals surface area contributed by atoms with Gasteiger partial charge in [0.05, 0.1) is 11.6 Å². The molecule has 4 heteroatoms. The molecule has 1 aliphatic heterocycles. The molecule has 0 bridgehead atoms. The topological polar surface area (TPSA) is 29.1 Å². The average molecular weight is 225 g/mol. The molecule has 1 unspecified atom stereocenters. The zero-order valence-corrected chi connectivity index (χ0v) is 9.02. The number of fused-ring (bicyclic) bond motifs is 1. The number of anilines is 1. The van der Waals surface area contributed by atoms with Crippen molar-refractivity contribution in [3.8, 4) is 0 Å². The Kier molecular flexibility index (Phi) is 2.90. The smallest absolute Gasteiger partial charge is 0.232 e. The Hall–Kier alpha value is -1.45. The molecule has 0 aliphatic carbocycles. The van der Waals surface area contributed by atoms with Crippen molar-refractivity contribution in [3.05, 3.63) is 29.3 Å². The van der Waals surface area contributed by atoms with E-state index in [0.717, 1.165) is 18.9 Å². The molecule has 1 heterocycles. The van der Waals surface area contributed by atoms with Gasteiger partial charge in [0.25, 0.3) is 0 Å². The lowest BCUT2D eigenvalue weighted by molar-refractivity contribution is -0.117. The van der Waals surface area contributed by atoms with Crippen molar-refractivity contribution in [2.24, 2.45) is 0 Å². The summed E-state index contributed by atoms with van der Waals surface area (Å²) < 4.78 is 26.4. The maximum Gasteiger partial charge on any atom is 0.232 e. The minimum atomic E-state index is -0.692. The monoisotopic (exact) mass is 225 g/mol. The Bertz CT molecular complexity index is 431. The number of carbonyl (C=O) groups excluding carboxylic acids is 1. The Balaban J connectivity index is 2.36. The second-order valence-electron chi connectivity index (χ2n) is 4.04. The highest BCUT2D eigenvalue weighted by Gasteiger charge is 2.32. The van der Waals surface area contributed by atoms with Crippen LogP contribution in [0.1, 0.15) is 37.7 Å². The van der Waals surface area contributed by atoms with Crippen LogP contribution >= 0.6 is 0 Å². The second-order valence-corrected chi connectivity index (χ2v) is 4.04. The van der Waals surface area contributed by atoms with Crippen LogP contribution in [-0.2, 0) is 4.79 Å². The lowest BCUT2D eigenvalue weighted by Crippen LogP contribution is -2.11. The lowest BCUT2D eigenvalue weighted by atomic mass is 9.95. The summed E-state index contributed by atoms with van der Waals surface area (Å²) >= 11 is 0. The van der Waals surface area contributed by atoms with E-state index in [1.165, 1.54) is 6.07 Å². The predicted octanol–water partition coefficient (Wildman–Crippen LogP) is 3.19. The van der Waals surface area contributed by atoms with Gasteiger partial charge in [-0.05, 0) is 18.1 Å². The van der Waals surface area contributed by atoms with Crippen LogP contribution in [0.2, 0.25) is 0 Å². The standard InChI is InChI=1S/C12H13F2NO/c1-2-3-4-8-9-5-7(13)6-10(14)11(9)15-12(8)16/h5-6,8H,2-4H2,1H3,(H,15,16). The molecule has 0 radical (unpaired) electrons. The molecule has 1 N–H and O–H groups in total. The third-order valence-corrected chi connectivity index (χ3v) is 2.87. The normalized spacial score (nSPS) is 18.4. The van der Waals surface area contributed by atoms with Crippen molar-refractivity contribution >= 4 is 11.6 Å². The van der Waals surface area contributed by atoms with Crippen LogP contribution in [0.15, 0.2) is 12.1 Å². The summed E-state index contributed by atoms with van der Waals surface area (Å²) in [5, 5.41) is 2.47. The predicted molar refractivity (Wildman–Crippen MR) is 57.3 cm³/mol. The molecule has 1 aliphatic rings. The minimum Gasteiger partial charge on any atom is -0.323 e. The number of benzene rings is 1. The molecule has 2 rings (SSSR count). The van der Waals surface area contributed by atoms with Crippen LogP contribution in [0.5, 0.6) is 0 Å². The number of hydrogen-bond donors (Lipinski definition) is 1. The first-order chi connectivity index (χ1) is 7.63. The van der Waals surface area contributed by atoms with E-state index >= 15 is 0 Å². The molecule has 1 atom stereocenters. The maximum atomic E-state index is 13.4. The van der Waals surface area contributed by atoms with E-state index in [4.69, 9.17) is 0 Å². The molecule has 1 aromatic rings. The molecule has 2 nitrogen and oxygen atoms in total. The molecule has 0 saturated carbocycles. The average Bonchev–Trinajstić information content (AvgIpc) is 2.53. The van der Waals surface area contributed by atoms with Gasteiger partial charge in [-0.3, -0.25) is 4.79 Å². The Morgan fingerprint density at radius 1 is 1.38 bits per heavy atom. The summed E-state index contributed by atoms with van der Waals surface area (Å²) in [4.78, 5) is 11.6. The number of rotatable bonds is 3. The van der Waals surface area contributed by atoms with E-state index in [1.54, 1.807) is 0 Å². The van der Waals surface area contributed by atoms with Gasteiger partial charge in [0.1, 0.15) is 11.6 Å². The SMILES string of the molecule is CCCCC1C(=O)Nc2c(F)cc(F)cc21. The van der Waals surface area contributed by atoms with E-state index in [0.29, 0.717) is 12.0 Å². The van der Waals surface area contributed by atoms with E-state index in [9.17, 15) is 13.6 Å². The summed E-state index contributed by atoms with van der Waals surface area (Å²) in [6.45, 7) is 2.01. The van der Waals surface area contributed by atoms with Crippen LogP contribution in [0.4, 0.5) is 14.5 Å². The summed E-state index contributed by atoms with van der Waals surface area (Å²) in [7, 11) is 0. The van der Waals surface area contributed by atoms with Gasteiger partial charge in [-0.2, -0.15) is 0 Å². The summed E-state index contributed by atoms with van der Waals surface area (Å²) in [5.74, 6) is -1.95. The largest absolute Gasteiger partial charge is 0.323 e. The number of unbranched alkanes of at least 4 members (excludes halogenated alkanes) is 1. The third kappa shape index (κ3) is 1.79. The van der Waals surface area contributed by atoms with Crippen molar-refractivity contribution in [2.75, 3.05) is 5.32 Å². The Labute approximate surface area is 92.7 Å². The fourth-order valence-corrected chi connectivity index (χ4v) is 2.05.